The van der Waals surface area contributed by atoms with Gasteiger partial charge >= 0.3 is 0 Å². The summed E-state index contributed by atoms with van der Waals surface area (Å²) in [4.78, 5) is 33.3. The third-order valence-corrected chi connectivity index (χ3v) is 25.9. The Morgan fingerprint density at radius 2 is 0.873 bits per heavy atom. The van der Waals surface area contributed by atoms with Crippen LogP contribution in [0.2, 0.25) is 0 Å². The number of ether oxygens (including phenoxy) is 1. The van der Waals surface area contributed by atoms with Gasteiger partial charge in [0.1, 0.15) is 39.9 Å². The number of H-pyrrole nitrogens is 3. The highest BCUT2D eigenvalue weighted by molar-refractivity contribution is 8.11. The van der Waals surface area contributed by atoms with Crippen LogP contribution < -0.4 is 4.74 Å². The summed E-state index contributed by atoms with van der Waals surface area (Å²) >= 11 is 20.1. The highest BCUT2D eigenvalue weighted by Gasteiger charge is 2.34. The van der Waals surface area contributed by atoms with Crippen molar-refractivity contribution in [2.45, 2.75) is 145 Å². The van der Waals surface area contributed by atoms with Crippen molar-refractivity contribution in [1.29, 1.82) is 0 Å². The molecule has 15 nitrogen and oxygen atoms in total. The van der Waals surface area contributed by atoms with E-state index in [1.165, 1.54) is 32.7 Å². The van der Waals surface area contributed by atoms with Gasteiger partial charge in [0.25, 0.3) is 0 Å². The summed E-state index contributed by atoms with van der Waals surface area (Å²) in [6, 6.07) is 111. The number of aromatic nitrogens is 9. The highest BCUT2D eigenvalue weighted by Crippen LogP contribution is 2.46. The number of methoxy groups -OCH3 is 1. The maximum Gasteiger partial charge on any atom is 0.147 e. The molecule has 0 atom stereocenters. The number of phenolic OH excluding ortho intramolecular Hbond substituents is 1. The van der Waals surface area contributed by atoms with Gasteiger partial charge in [-0.2, -0.15) is 0 Å². The summed E-state index contributed by atoms with van der Waals surface area (Å²) in [5, 5.41) is 40.6. The number of imidazole rings is 3. The number of aromatic hydroxyl groups is 1. The molecule has 0 unspecified atom stereocenters. The number of thiol groups is 3. The van der Waals surface area contributed by atoms with E-state index >= 15 is 0 Å². The molecule has 20 heteroatoms. The van der Waals surface area contributed by atoms with E-state index in [1.54, 1.807) is 63.9 Å². The van der Waals surface area contributed by atoms with Gasteiger partial charge in [-0.25, -0.2) is 15.0 Å². The van der Waals surface area contributed by atoms with Gasteiger partial charge in [0.15, 0.2) is 0 Å². The molecule has 0 amide bonds. The first-order chi connectivity index (χ1) is 64.2. The van der Waals surface area contributed by atoms with E-state index in [1.807, 2.05) is 164 Å². The number of fused-ring (bicyclic) bond motifs is 1. The molecule has 0 saturated heterocycles. The molecule has 0 bridgehead atoms. The molecule has 4 heterocycles. The van der Waals surface area contributed by atoms with Crippen LogP contribution in [0.25, 0.3) is 84.5 Å². The molecule has 17 rings (SSSR count). The molecule has 0 spiro atoms. The Morgan fingerprint density at radius 1 is 0.470 bits per heavy atom. The van der Waals surface area contributed by atoms with Gasteiger partial charge in [0, 0.05) is 85.1 Å². The van der Waals surface area contributed by atoms with E-state index in [0.717, 1.165) is 154 Å². The van der Waals surface area contributed by atoms with Crippen LogP contribution in [-0.2, 0) is 35.1 Å². The minimum absolute atomic E-state index is 0.196. The number of rotatable bonds is 25. The number of aliphatic hydroxyl groups is 2. The molecule has 0 fully saturated rings. The summed E-state index contributed by atoms with van der Waals surface area (Å²) in [5.74, 6) is 3.67. The molecule has 0 radical (unpaired) electrons. The Morgan fingerprint density at radius 3 is 1.29 bits per heavy atom. The normalized spacial score (nSPS) is 11.5. The largest absolute Gasteiger partial charge is 0.505 e. The number of hydrogen-bond acceptors (Lipinski definition) is 15. The Balaban J connectivity index is 0.000000150. The summed E-state index contributed by atoms with van der Waals surface area (Å²) in [5.41, 5.74) is 22.2. The average molecular weight is 1870 g/mol. The Hall–Kier alpha value is -12.2. The van der Waals surface area contributed by atoms with Gasteiger partial charge < -0.3 is 39.9 Å². The van der Waals surface area contributed by atoms with Gasteiger partial charge in [0.2, 0.25) is 0 Å². The van der Waals surface area contributed by atoms with E-state index in [2.05, 4.69) is 292 Å². The van der Waals surface area contributed by atoms with Crippen LogP contribution >= 0.6 is 61.9 Å². The van der Waals surface area contributed by atoms with E-state index in [4.69, 9.17) is 52.2 Å². The van der Waals surface area contributed by atoms with Crippen LogP contribution in [-0.4, -0.2) is 115 Å². The van der Waals surface area contributed by atoms with Gasteiger partial charge in [-0.1, -0.05) is 359 Å². The third-order valence-electron chi connectivity index (χ3n) is 23.5. The predicted molar refractivity (Wildman–Crippen MR) is 570 cm³/mol. The number of nitrogens with zero attached hydrogens (tertiary/aromatic N) is 8. The number of aromatic amines is 3. The molecule has 4 aromatic heterocycles. The minimum Gasteiger partial charge on any atom is -0.505 e. The molecule has 0 aliphatic rings. The summed E-state index contributed by atoms with van der Waals surface area (Å²) in [7, 11) is 5.94. The zero-order valence-corrected chi connectivity index (χ0v) is 83.6. The fourth-order valence-corrected chi connectivity index (χ4v) is 17.4. The molecule has 13 aromatic carbocycles. The number of benzene rings is 13. The molecule has 0 aliphatic carbocycles. The minimum atomic E-state index is -0.860. The lowest BCUT2D eigenvalue weighted by Crippen LogP contribution is -2.31. The number of thiocarbonyl (C=S) groups is 1. The van der Waals surface area contributed by atoms with Crippen molar-refractivity contribution in [3.05, 3.63) is 401 Å². The SMILES string of the molecule is CC(C)(O)c1cccc(C(C)(C)O)c1.CC(C)(c1ccccc1)c1cc(-n2nc3ccccc3n2)c(O)c(C(C)(C)c2ccccc2)c1.CC(C)c1cccc(CN(CCN(C)C)Cc2cccc(C(C)C)c2S)c1S.COc1ccccc1-c1nc(-c2ccccc2)c(-c2ccccc2)[nH]1.CSc1ccccc1-c1nc(-c2ccccc2)c(-c2ccccc2)[nH]1.S=C(S)c1cnc[nH]1. The average Bonchev–Trinajstić information content (AvgIpc) is 1.21. The lowest BCUT2D eigenvalue weighted by Gasteiger charge is -2.32. The Bertz CT molecular complexity index is 6210. The van der Waals surface area contributed by atoms with Crippen molar-refractivity contribution in [3.63, 3.8) is 0 Å². The maximum atomic E-state index is 11.6. The summed E-state index contributed by atoms with van der Waals surface area (Å²) in [6.45, 7) is 28.4. The zero-order chi connectivity index (χ0) is 95.9. The van der Waals surface area contributed by atoms with Gasteiger partial charge in [0.05, 0.1) is 69.1 Å². The van der Waals surface area contributed by atoms with Crippen molar-refractivity contribution in [1.82, 2.24) is 54.7 Å². The van der Waals surface area contributed by atoms with Crippen molar-refractivity contribution in [2.24, 2.45) is 0 Å². The molecule has 134 heavy (non-hydrogen) atoms. The van der Waals surface area contributed by atoms with E-state index in [-0.39, 0.29) is 11.2 Å². The Kier molecular flexibility index (Phi) is 35.1. The second kappa shape index (κ2) is 46.7. The smallest absolute Gasteiger partial charge is 0.147 e. The van der Waals surface area contributed by atoms with Crippen molar-refractivity contribution >= 4 is 77.1 Å². The summed E-state index contributed by atoms with van der Waals surface area (Å²) in [6.07, 6.45) is 5.30. The van der Waals surface area contributed by atoms with E-state index < -0.39 is 16.6 Å². The Labute approximate surface area is 817 Å². The molecule has 0 saturated carbocycles. The van der Waals surface area contributed by atoms with Crippen LogP contribution in [0.15, 0.2) is 355 Å². The highest BCUT2D eigenvalue weighted by atomic mass is 32.2. The second-order valence-electron chi connectivity index (χ2n) is 35.8. The van der Waals surface area contributed by atoms with E-state index in [0.29, 0.717) is 21.7 Å². The number of para-hydroxylation sites is 1. The first-order valence-electron chi connectivity index (χ1n) is 45.0. The number of likely N-dealkylation sites (N-methyl/N-ethyl adjacent to an activating group) is 1. The molecule has 0 aliphatic heterocycles. The standard InChI is InChI=1S/C30H29N3O.C24H36N2S2.C22H18N2O.C22H18N2S.C12H18O2.C4H4N2S2/c1-29(2,21-13-7-5-8-14-21)23-19-24(30(3,4)22-15-9-6-10-16-22)28(34)27(20-23)33-31-25-17-11-12-18-26(25)32-33;1-17(2)21-11-7-9-19(23(21)27)15-26(14-13-25(5)6)16-20-10-8-12-22(18(3)4)24(20)28;2*1-25-19-15-9-8-14-18(19)22-23-20(16-10-4-2-5-11-16)21(24-22)17-12-6-3-7-13-17;1-11(2,13)9-6-5-7-10(8-9)12(3,4)14;7-4(8)3-1-5-2-6-3/h5-20,34H,1-4H3;7-12,17-18,27-28H,13-16H2,1-6H3;2*2-15H,1H3,(H,23,24);5-8,13-14H,1-4H3;1-2H,(H,5,6)(H,7,8). The third kappa shape index (κ3) is 26.1. The van der Waals surface area contributed by atoms with Crippen molar-refractivity contribution in [2.75, 3.05) is 40.6 Å². The summed E-state index contributed by atoms with van der Waals surface area (Å²) < 4.78 is 6.04. The fraction of sp³-hybridized carbons (Fsp3) is 0.228. The number of nitrogens with one attached hydrogen (secondary N) is 3. The molecular weight excluding hydrogens is 1750 g/mol. The zero-order valence-electron chi connectivity index (χ0n) is 79.3. The van der Waals surface area contributed by atoms with Gasteiger partial charge in [-0.15, -0.1) is 64.6 Å². The van der Waals surface area contributed by atoms with Crippen LogP contribution in [0.5, 0.6) is 11.5 Å². The monoisotopic (exact) mass is 1870 g/mol. The van der Waals surface area contributed by atoms with Crippen LogP contribution in [0, 0.1) is 0 Å². The predicted octanol–water partition coefficient (Wildman–Crippen LogP) is 27.6. The first-order valence-corrected chi connectivity index (χ1v) is 48.0. The van der Waals surface area contributed by atoms with Crippen LogP contribution in [0.1, 0.15) is 156 Å². The molecule has 688 valence electrons. The maximum absolute atomic E-state index is 11.6. The van der Waals surface area contributed by atoms with Crippen LogP contribution in [0.4, 0.5) is 0 Å². The van der Waals surface area contributed by atoms with Crippen molar-refractivity contribution < 1.29 is 20.1 Å². The molecule has 6 N–H and O–H groups in total. The van der Waals surface area contributed by atoms with Gasteiger partial charge in [-0.3, -0.25) is 4.90 Å². The second-order valence-corrected chi connectivity index (χ2v) is 38.7. The topological polar surface area (TPSA) is 193 Å². The molecule has 17 aromatic rings. The van der Waals surface area contributed by atoms with Crippen LogP contribution in [0.3, 0.4) is 0 Å². The van der Waals surface area contributed by atoms with Crippen molar-refractivity contribution in [3.8, 4) is 85.0 Å². The quantitative estimate of drug-likeness (QED) is 0.0149. The van der Waals surface area contributed by atoms with E-state index in [9.17, 15) is 15.3 Å². The first kappa shape index (κ1) is 101. The molecular formula is C114H123N11O4S5. The lowest BCUT2D eigenvalue weighted by atomic mass is 9.72. The number of phenols is 1. The fourth-order valence-electron chi connectivity index (χ4n) is 15.6. The van der Waals surface area contributed by atoms with Gasteiger partial charge in [-0.05, 0) is 146 Å². The lowest BCUT2D eigenvalue weighted by molar-refractivity contribution is 0.0718. The number of hydrogen-bond donors (Lipinski definition) is 9. The number of thioether (sulfide) groups is 1.